The van der Waals surface area contributed by atoms with Gasteiger partial charge in [-0.05, 0) is 31.2 Å². The first-order chi connectivity index (χ1) is 12.0. The minimum atomic E-state index is -4.63. The maximum Gasteiger partial charge on any atom is 0.422 e. The lowest BCUT2D eigenvalue weighted by Crippen LogP contribution is -2.36. The maximum atomic E-state index is 12.3. The summed E-state index contributed by atoms with van der Waals surface area (Å²) < 4.78 is 82.9. The van der Waals surface area contributed by atoms with Gasteiger partial charge in [-0.15, -0.1) is 12.4 Å². The van der Waals surface area contributed by atoms with Crippen LogP contribution in [0.5, 0.6) is 11.5 Å². The fraction of sp³-hybridized carbons (Fsp3) is 0.533. The van der Waals surface area contributed by atoms with E-state index in [1.165, 1.54) is 0 Å². The van der Waals surface area contributed by atoms with Gasteiger partial charge in [0, 0.05) is 12.6 Å². The molecule has 12 heteroatoms. The van der Waals surface area contributed by atoms with Crippen molar-refractivity contribution in [2.24, 2.45) is 0 Å². The van der Waals surface area contributed by atoms with Crippen LogP contribution in [-0.2, 0) is 0 Å². The number of hydrogen-bond acceptors (Lipinski definition) is 4. The predicted octanol–water partition coefficient (Wildman–Crippen LogP) is 3.08. The van der Waals surface area contributed by atoms with E-state index in [1.807, 2.05) is 0 Å². The predicted molar refractivity (Wildman–Crippen MR) is 85.5 cm³/mol. The van der Waals surface area contributed by atoms with Crippen molar-refractivity contribution >= 4 is 18.3 Å². The Hall–Kier alpha value is -1.88. The molecular weight excluding hydrogens is 406 g/mol. The van der Waals surface area contributed by atoms with Crippen LogP contribution in [0.2, 0.25) is 0 Å². The van der Waals surface area contributed by atoms with Gasteiger partial charge in [0.2, 0.25) is 0 Å². The molecule has 1 fully saturated rings. The van der Waals surface area contributed by atoms with E-state index in [0.717, 1.165) is 18.2 Å². The topological polar surface area (TPSA) is 59.6 Å². The SMILES string of the molecule is Cl.O=C(NC1CCNC1)c1cc(OCC(F)(F)F)ccc1OCC(F)(F)F. The monoisotopic (exact) mass is 422 g/mol. The number of amides is 1. The van der Waals surface area contributed by atoms with E-state index < -0.39 is 37.2 Å². The van der Waals surface area contributed by atoms with Crippen LogP contribution in [0.3, 0.4) is 0 Å². The number of carbonyl (C=O) groups excluding carboxylic acids is 1. The highest BCUT2D eigenvalue weighted by molar-refractivity contribution is 5.97. The molecule has 1 aromatic carbocycles. The largest absolute Gasteiger partial charge is 0.484 e. The highest BCUT2D eigenvalue weighted by atomic mass is 35.5. The second-order valence-electron chi connectivity index (χ2n) is 5.63. The van der Waals surface area contributed by atoms with E-state index in [1.54, 1.807) is 0 Å². The molecule has 0 spiro atoms. The van der Waals surface area contributed by atoms with Crippen LogP contribution in [0.25, 0.3) is 0 Å². The van der Waals surface area contributed by atoms with Gasteiger partial charge in [-0.3, -0.25) is 4.79 Å². The summed E-state index contributed by atoms with van der Waals surface area (Å²) in [6, 6.07) is 2.66. The van der Waals surface area contributed by atoms with Gasteiger partial charge in [0.1, 0.15) is 11.5 Å². The molecule has 1 heterocycles. The van der Waals surface area contributed by atoms with Crippen molar-refractivity contribution in [2.75, 3.05) is 26.3 Å². The summed E-state index contributed by atoms with van der Waals surface area (Å²) in [5, 5.41) is 5.58. The molecule has 1 aliphatic heterocycles. The first-order valence-corrected chi connectivity index (χ1v) is 7.58. The van der Waals surface area contributed by atoms with Crippen LogP contribution in [0.15, 0.2) is 18.2 Å². The lowest BCUT2D eigenvalue weighted by atomic mass is 10.1. The number of ether oxygens (including phenoxy) is 2. The fourth-order valence-electron chi connectivity index (χ4n) is 2.27. The average molecular weight is 423 g/mol. The van der Waals surface area contributed by atoms with Gasteiger partial charge in [0.15, 0.2) is 13.2 Å². The van der Waals surface area contributed by atoms with Crippen molar-refractivity contribution < 1.29 is 40.6 Å². The lowest BCUT2D eigenvalue weighted by Gasteiger charge is -2.17. The van der Waals surface area contributed by atoms with Crippen molar-refractivity contribution in [2.45, 2.75) is 24.8 Å². The molecule has 0 saturated carbocycles. The number of hydrogen-bond donors (Lipinski definition) is 2. The van der Waals surface area contributed by atoms with Gasteiger partial charge in [0.25, 0.3) is 5.91 Å². The first-order valence-electron chi connectivity index (χ1n) is 7.58. The van der Waals surface area contributed by atoms with Gasteiger partial charge in [0.05, 0.1) is 5.56 Å². The van der Waals surface area contributed by atoms with Crippen molar-refractivity contribution in [3.8, 4) is 11.5 Å². The van der Waals surface area contributed by atoms with Gasteiger partial charge >= 0.3 is 12.4 Å². The number of nitrogens with one attached hydrogen (secondary N) is 2. The molecule has 2 N–H and O–H groups in total. The van der Waals surface area contributed by atoms with Crippen LogP contribution in [0, 0.1) is 0 Å². The molecular formula is C15H17ClF6N2O3. The van der Waals surface area contributed by atoms with Crippen LogP contribution in [0.1, 0.15) is 16.8 Å². The zero-order valence-corrected chi connectivity index (χ0v) is 14.6. The lowest BCUT2D eigenvalue weighted by molar-refractivity contribution is -0.154. The van der Waals surface area contributed by atoms with Crippen LogP contribution < -0.4 is 20.1 Å². The third kappa shape index (κ3) is 8.12. The summed E-state index contributed by atoms with van der Waals surface area (Å²) >= 11 is 0. The Bertz CT molecular complexity index is 633. The van der Waals surface area contributed by atoms with Crippen LogP contribution >= 0.6 is 12.4 Å². The zero-order chi connectivity index (χ0) is 19.4. The quantitative estimate of drug-likeness (QED) is 0.692. The van der Waals surface area contributed by atoms with E-state index in [9.17, 15) is 31.1 Å². The molecule has 0 aliphatic carbocycles. The number of alkyl halides is 6. The number of carbonyl (C=O) groups is 1. The minimum Gasteiger partial charge on any atom is -0.484 e. The zero-order valence-electron chi connectivity index (χ0n) is 13.7. The summed E-state index contributed by atoms with van der Waals surface area (Å²) in [7, 11) is 0. The molecule has 1 aromatic rings. The third-order valence-electron chi connectivity index (χ3n) is 3.39. The number of benzene rings is 1. The van der Waals surface area contributed by atoms with Crippen molar-refractivity contribution in [1.82, 2.24) is 10.6 Å². The van der Waals surface area contributed by atoms with Gasteiger partial charge in [-0.2, -0.15) is 26.3 Å². The van der Waals surface area contributed by atoms with E-state index in [4.69, 9.17) is 0 Å². The standard InChI is InChI=1S/C15H16F6N2O3.ClH/c16-14(17,18)7-25-10-1-2-12(26-8-15(19,20)21)11(5-10)13(24)23-9-3-4-22-6-9;/h1-2,5,9,22H,3-4,6-8H2,(H,23,24);1H. The second-order valence-corrected chi connectivity index (χ2v) is 5.63. The Morgan fingerprint density at radius 2 is 1.74 bits per heavy atom. The highest BCUT2D eigenvalue weighted by Gasteiger charge is 2.31. The minimum absolute atomic E-state index is 0. The summed E-state index contributed by atoms with van der Waals surface area (Å²) in [4.78, 5) is 12.3. The van der Waals surface area contributed by atoms with E-state index in [-0.39, 0.29) is 29.8 Å². The Morgan fingerprint density at radius 3 is 2.30 bits per heavy atom. The molecule has 154 valence electrons. The smallest absolute Gasteiger partial charge is 0.422 e. The molecule has 27 heavy (non-hydrogen) atoms. The van der Waals surface area contributed by atoms with Crippen molar-refractivity contribution in [3.63, 3.8) is 0 Å². The number of rotatable bonds is 6. The Labute approximate surface area is 156 Å². The molecule has 0 bridgehead atoms. The molecule has 1 amide bonds. The summed E-state index contributed by atoms with van der Waals surface area (Å²) in [5.74, 6) is -1.46. The van der Waals surface area contributed by atoms with Gasteiger partial charge in [-0.25, -0.2) is 0 Å². The van der Waals surface area contributed by atoms with Gasteiger partial charge in [-0.1, -0.05) is 0 Å². The Kier molecular flexibility index (Phi) is 8.03. The summed E-state index contributed by atoms with van der Waals surface area (Å²) in [6.45, 7) is -2.09. The Balaban J connectivity index is 0.00000364. The van der Waals surface area contributed by atoms with Crippen molar-refractivity contribution in [3.05, 3.63) is 23.8 Å². The molecule has 0 aromatic heterocycles. The Morgan fingerprint density at radius 1 is 1.11 bits per heavy atom. The van der Waals surface area contributed by atoms with Crippen LogP contribution in [0.4, 0.5) is 26.3 Å². The normalized spacial score (nSPS) is 17.2. The maximum absolute atomic E-state index is 12.3. The molecule has 2 rings (SSSR count). The number of halogens is 7. The third-order valence-corrected chi connectivity index (χ3v) is 3.39. The van der Waals surface area contributed by atoms with Gasteiger partial charge < -0.3 is 20.1 Å². The highest BCUT2D eigenvalue weighted by Crippen LogP contribution is 2.28. The summed E-state index contributed by atoms with van der Waals surface area (Å²) in [6.07, 6.45) is -8.60. The van der Waals surface area contributed by atoms with Crippen LogP contribution in [-0.4, -0.2) is 50.6 Å². The molecule has 5 nitrogen and oxygen atoms in total. The summed E-state index contributed by atoms with van der Waals surface area (Å²) in [5.41, 5.74) is -0.333. The van der Waals surface area contributed by atoms with E-state index in [2.05, 4.69) is 20.1 Å². The fourth-order valence-corrected chi connectivity index (χ4v) is 2.27. The molecule has 0 radical (unpaired) electrons. The molecule has 1 saturated heterocycles. The van der Waals surface area contributed by atoms with Crippen molar-refractivity contribution in [1.29, 1.82) is 0 Å². The molecule has 1 atom stereocenters. The first kappa shape index (κ1) is 23.2. The molecule has 1 unspecified atom stereocenters. The van der Waals surface area contributed by atoms with E-state index in [0.29, 0.717) is 19.5 Å². The average Bonchev–Trinajstić information content (AvgIpc) is 3.02. The van der Waals surface area contributed by atoms with E-state index >= 15 is 0 Å². The second kappa shape index (κ2) is 9.36. The molecule has 1 aliphatic rings.